The summed E-state index contributed by atoms with van der Waals surface area (Å²) in [5, 5.41) is 9.58. The van der Waals surface area contributed by atoms with Crippen LogP contribution >= 0.6 is 15.9 Å². The summed E-state index contributed by atoms with van der Waals surface area (Å²) in [6.45, 7) is 0.747. The average Bonchev–Trinajstić information content (AvgIpc) is 2.15. The van der Waals surface area contributed by atoms with E-state index in [0.29, 0.717) is 6.61 Å². The van der Waals surface area contributed by atoms with Crippen LogP contribution in [0.4, 0.5) is 0 Å². The van der Waals surface area contributed by atoms with Gasteiger partial charge in [-0.05, 0) is 17.7 Å². The molecule has 0 saturated heterocycles. The number of hydrogen-bond acceptors (Lipinski definition) is 2. The lowest BCUT2D eigenvalue weighted by molar-refractivity contribution is 0.281. The second kappa shape index (κ2) is 5.17. The van der Waals surface area contributed by atoms with E-state index in [-0.39, 0.29) is 6.61 Å². The van der Waals surface area contributed by atoms with Crippen molar-refractivity contribution in [2.24, 2.45) is 0 Å². The molecule has 0 unspecified atom stereocenters. The third-order valence-electron chi connectivity index (χ3n) is 1.45. The summed E-state index contributed by atoms with van der Waals surface area (Å²) in [4.78, 5) is 0. The first-order chi connectivity index (χ1) is 5.86. The van der Waals surface area contributed by atoms with E-state index < -0.39 is 0 Å². The van der Waals surface area contributed by atoms with Crippen LogP contribution in [0.3, 0.4) is 0 Å². The number of halogens is 1. The zero-order valence-corrected chi connectivity index (χ0v) is 8.25. The summed E-state index contributed by atoms with van der Waals surface area (Å²) in [5.74, 6) is 0.839. The van der Waals surface area contributed by atoms with Gasteiger partial charge in [-0.3, -0.25) is 0 Å². The minimum atomic E-state index is 0.0821. The van der Waals surface area contributed by atoms with Crippen LogP contribution in [0, 0.1) is 0 Å². The van der Waals surface area contributed by atoms with Crippen molar-refractivity contribution in [3.8, 4) is 5.75 Å². The minimum absolute atomic E-state index is 0.0821. The molecule has 0 fully saturated rings. The molecule has 1 N–H and O–H groups in total. The molecule has 0 aliphatic rings. The molecule has 0 aliphatic heterocycles. The molecule has 0 aliphatic carbocycles. The van der Waals surface area contributed by atoms with Crippen LogP contribution in [0.5, 0.6) is 5.75 Å². The number of ether oxygens (including phenoxy) is 1. The first-order valence-electron chi connectivity index (χ1n) is 3.75. The maximum Gasteiger partial charge on any atom is 0.119 e. The van der Waals surface area contributed by atoms with E-state index in [1.807, 2.05) is 24.3 Å². The van der Waals surface area contributed by atoms with Crippen molar-refractivity contribution in [1.82, 2.24) is 0 Å². The number of hydrogen-bond donors (Lipinski definition) is 1. The van der Waals surface area contributed by atoms with Crippen molar-refractivity contribution in [2.45, 2.75) is 6.61 Å². The summed E-state index contributed by atoms with van der Waals surface area (Å²) in [6, 6.07) is 7.41. The van der Waals surface area contributed by atoms with Crippen molar-refractivity contribution < 1.29 is 9.84 Å². The highest BCUT2D eigenvalue weighted by molar-refractivity contribution is 9.09. The molecule has 0 amide bonds. The topological polar surface area (TPSA) is 29.5 Å². The highest BCUT2D eigenvalue weighted by Crippen LogP contribution is 2.11. The van der Waals surface area contributed by atoms with Gasteiger partial charge in [-0.1, -0.05) is 28.1 Å². The minimum Gasteiger partial charge on any atom is -0.493 e. The van der Waals surface area contributed by atoms with Gasteiger partial charge in [-0.15, -0.1) is 0 Å². The summed E-state index contributed by atoms with van der Waals surface area (Å²) >= 11 is 3.27. The van der Waals surface area contributed by atoms with Gasteiger partial charge in [0.15, 0.2) is 0 Å². The smallest absolute Gasteiger partial charge is 0.119 e. The quantitative estimate of drug-likeness (QED) is 0.802. The third-order valence-corrected chi connectivity index (χ3v) is 1.78. The van der Waals surface area contributed by atoms with E-state index in [4.69, 9.17) is 9.84 Å². The standard InChI is InChI=1S/C9H11BrO2/c10-5-6-12-9-3-1-8(7-11)2-4-9/h1-4,11H,5-7H2. The lowest BCUT2D eigenvalue weighted by Gasteiger charge is -2.03. The molecule has 3 heteroatoms. The van der Waals surface area contributed by atoms with Crippen molar-refractivity contribution in [2.75, 3.05) is 11.9 Å². The first kappa shape index (κ1) is 9.55. The number of benzene rings is 1. The van der Waals surface area contributed by atoms with Crippen molar-refractivity contribution in [3.05, 3.63) is 29.8 Å². The van der Waals surface area contributed by atoms with Crippen LogP contribution in [0.1, 0.15) is 5.56 Å². The predicted octanol–water partition coefficient (Wildman–Crippen LogP) is 1.95. The van der Waals surface area contributed by atoms with Gasteiger partial charge in [0.05, 0.1) is 13.2 Å². The first-order valence-corrected chi connectivity index (χ1v) is 4.87. The Morgan fingerprint density at radius 3 is 2.42 bits per heavy atom. The predicted molar refractivity (Wildman–Crippen MR) is 51.7 cm³/mol. The number of aliphatic hydroxyl groups excluding tert-OH is 1. The highest BCUT2D eigenvalue weighted by Gasteiger charge is 1.92. The van der Waals surface area contributed by atoms with Gasteiger partial charge in [0.1, 0.15) is 5.75 Å². The van der Waals surface area contributed by atoms with Gasteiger partial charge in [0.25, 0.3) is 0 Å². The Morgan fingerprint density at radius 1 is 1.25 bits per heavy atom. The fourth-order valence-corrected chi connectivity index (χ4v) is 1.01. The lowest BCUT2D eigenvalue weighted by atomic mass is 10.2. The molecular formula is C9H11BrO2. The number of alkyl halides is 1. The van der Waals surface area contributed by atoms with Gasteiger partial charge in [-0.25, -0.2) is 0 Å². The Kier molecular flexibility index (Phi) is 4.11. The molecule has 0 heterocycles. The second-order valence-corrected chi connectivity index (χ2v) is 3.13. The zero-order valence-electron chi connectivity index (χ0n) is 6.66. The molecule has 0 bridgehead atoms. The third kappa shape index (κ3) is 2.83. The van der Waals surface area contributed by atoms with Gasteiger partial charge in [-0.2, -0.15) is 0 Å². The number of aliphatic hydroxyl groups is 1. The van der Waals surface area contributed by atoms with Crippen molar-refractivity contribution >= 4 is 15.9 Å². The van der Waals surface area contributed by atoms with E-state index in [0.717, 1.165) is 16.6 Å². The summed E-state index contributed by atoms with van der Waals surface area (Å²) in [5.41, 5.74) is 0.904. The van der Waals surface area contributed by atoms with Crippen molar-refractivity contribution in [1.29, 1.82) is 0 Å². The van der Waals surface area contributed by atoms with Gasteiger partial charge >= 0.3 is 0 Å². The Labute approximate surface area is 80.3 Å². The molecule has 1 rings (SSSR count). The van der Waals surface area contributed by atoms with E-state index in [2.05, 4.69) is 15.9 Å². The van der Waals surface area contributed by atoms with Crippen LogP contribution in [0.25, 0.3) is 0 Å². The Hall–Kier alpha value is -0.540. The van der Waals surface area contributed by atoms with E-state index in [9.17, 15) is 0 Å². The zero-order chi connectivity index (χ0) is 8.81. The Bertz CT molecular complexity index is 220. The van der Waals surface area contributed by atoms with Gasteiger partial charge in [0, 0.05) is 5.33 Å². The van der Waals surface area contributed by atoms with Gasteiger partial charge in [0.2, 0.25) is 0 Å². The fraction of sp³-hybridized carbons (Fsp3) is 0.333. The monoisotopic (exact) mass is 230 g/mol. The normalized spacial score (nSPS) is 9.83. The fourth-order valence-electron chi connectivity index (χ4n) is 0.848. The van der Waals surface area contributed by atoms with E-state index >= 15 is 0 Å². The molecular weight excluding hydrogens is 220 g/mol. The molecule has 0 atom stereocenters. The summed E-state index contributed by atoms with van der Waals surface area (Å²) in [6.07, 6.45) is 0. The lowest BCUT2D eigenvalue weighted by Crippen LogP contribution is -1.97. The van der Waals surface area contributed by atoms with Crippen LogP contribution in [0.15, 0.2) is 24.3 Å². The molecule has 0 radical (unpaired) electrons. The Morgan fingerprint density at radius 2 is 1.92 bits per heavy atom. The summed E-state index contributed by atoms with van der Waals surface area (Å²) < 4.78 is 5.33. The molecule has 0 aromatic heterocycles. The van der Waals surface area contributed by atoms with Crippen LogP contribution < -0.4 is 4.74 Å². The molecule has 0 saturated carbocycles. The average molecular weight is 231 g/mol. The van der Waals surface area contributed by atoms with Crippen LogP contribution in [-0.2, 0) is 6.61 Å². The molecule has 1 aromatic rings. The molecule has 12 heavy (non-hydrogen) atoms. The maximum absolute atomic E-state index is 8.76. The second-order valence-electron chi connectivity index (χ2n) is 2.34. The SMILES string of the molecule is OCc1ccc(OCCBr)cc1. The van der Waals surface area contributed by atoms with E-state index in [1.165, 1.54) is 0 Å². The van der Waals surface area contributed by atoms with E-state index in [1.54, 1.807) is 0 Å². The molecule has 1 aromatic carbocycles. The Balaban J connectivity index is 2.53. The van der Waals surface area contributed by atoms with Crippen LogP contribution in [-0.4, -0.2) is 17.0 Å². The van der Waals surface area contributed by atoms with Crippen molar-refractivity contribution in [3.63, 3.8) is 0 Å². The highest BCUT2D eigenvalue weighted by atomic mass is 79.9. The molecule has 66 valence electrons. The largest absolute Gasteiger partial charge is 0.493 e. The summed E-state index contributed by atoms with van der Waals surface area (Å²) in [7, 11) is 0. The van der Waals surface area contributed by atoms with Gasteiger partial charge < -0.3 is 9.84 Å². The maximum atomic E-state index is 8.76. The molecule has 0 spiro atoms. The van der Waals surface area contributed by atoms with Crippen LogP contribution in [0.2, 0.25) is 0 Å². The number of rotatable bonds is 4. The molecule has 2 nitrogen and oxygen atoms in total.